The summed E-state index contributed by atoms with van der Waals surface area (Å²) in [6, 6.07) is 5.83. The lowest BCUT2D eigenvalue weighted by molar-refractivity contribution is -0.123. The molecule has 2 aromatic carbocycles. The topological polar surface area (TPSA) is 64.6 Å². The van der Waals surface area contributed by atoms with Gasteiger partial charge in [0.2, 0.25) is 0 Å². The van der Waals surface area contributed by atoms with Gasteiger partial charge in [0.05, 0.1) is 23.4 Å². The zero-order chi connectivity index (χ0) is 19.4. The number of hydrogen-bond acceptors (Lipinski definition) is 4. The minimum atomic E-state index is -1.26. The quantitative estimate of drug-likeness (QED) is 0.590. The van der Waals surface area contributed by atoms with Gasteiger partial charge in [0.25, 0.3) is 5.91 Å². The first kappa shape index (κ1) is 19.9. The number of amides is 1. The summed E-state index contributed by atoms with van der Waals surface area (Å²) in [5.74, 6) is -3.87. The third-order valence-corrected chi connectivity index (χ3v) is 3.85. The number of halogens is 4. The third kappa shape index (κ3) is 4.62. The Kier molecular flexibility index (Phi) is 6.39. The van der Waals surface area contributed by atoms with Crippen molar-refractivity contribution in [3.63, 3.8) is 0 Å². The maximum atomic E-state index is 13.3. The summed E-state index contributed by atoms with van der Waals surface area (Å²) in [6.45, 7) is 1.30. The van der Waals surface area contributed by atoms with Crippen molar-refractivity contribution in [3.05, 3.63) is 57.6 Å². The number of nitrogens with one attached hydrogen (secondary N) is 1. The molecule has 0 saturated heterocycles. The normalized spacial score (nSPS) is 11.6. The highest BCUT2D eigenvalue weighted by atomic mass is 35.5. The Hall–Kier alpha value is -2.38. The molecule has 26 heavy (non-hydrogen) atoms. The summed E-state index contributed by atoms with van der Waals surface area (Å²) >= 11 is 11.6. The summed E-state index contributed by atoms with van der Waals surface area (Å²) in [5.41, 5.74) is -0.121. The fourth-order valence-corrected chi connectivity index (χ4v) is 2.37. The van der Waals surface area contributed by atoms with Crippen LogP contribution < -0.4 is 10.1 Å². The monoisotopic (exact) mass is 403 g/mol. The molecule has 2 aromatic rings. The Balaban J connectivity index is 2.11. The molecule has 0 heterocycles. The number of methoxy groups -OCH3 is 1. The van der Waals surface area contributed by atoms with Gasteiger partial charge in [-0.05, 0) is 37.3 Å². The first-order valence-corrected chi connectivity index (χ1v) is 7.98. The van der Waals surface area contributed by atoms with Crippen LogP contribution in [0.5, 0.6) is 5.75 Å². The molecule has 0 aliphatic carbocycles. The third-order valence-electron chi connectivity index (χ3n) is 3.30. The second-order valence-electron chi connectivity index (χ2n) is 5.13. The highest BCUT2D eigenvalue weighted by Crippen LogP contribution is 2.28. The summed E-state index contributed by atoms with van der Waals surface area (Å²) in [4.78, 5) is 24.3. The molecule has 1 unspecified atom stereocenters. The fourth-order valence-electron chi connectivity index (χ4n) is 1.97. The van der Waals surface area contributed by atoms with E-state index in [1.807, 2.05) is 0 Å². The number of ether oxygens (including phenoxy) is 2. The number of benzene rings is 2. The van der Waals surface area contributed by atoms with Gasteiger partial charge < -0.3 is 14.8 Å². The fraction of sp³-hybridized carbons (Fsp3) is 0.176. The van der Waals surface area contributed by atoms with Crippen LogP contribution >= 0.6 is 23.2 Å². The Morgan fingerprint density at radius 1 is 1.12 bits per heavy atom. The van der Waals surface area contributed by atoms with E-state index in [1.165, 1.54) is 20.1 Å². The average molecular weight is 404 g/mol. The number of rotatable bonds is 5. The number of hydrogen-bond donors (Lipinski definition) is 1. The molecule has 1 amide bonds. The molecular weight excluding hydrogens is 391 g/mol. The van der Waals surface area contributed by atoms with Crippen molar-refractivity contribution in [3.8, 4) is 5.75 Å². The Morgan fingerprint density at radius 3 is 2.42 bits per heavy atom. The van der Waals surface area contributed by atoms with Crippen LogP contribution in [-0.2, 0) is 9.53 Å². The van der Waals surface area contributed by atoms with Gasteiger partial charge in [-0.1, -0.05) is 23.2 Å². The molecule has 0 fully saturated rings. The van der Waals surface area contributed by atoms with Crippen molar-refractivity contribution < 1.29 is 27.8 Å². The summed E-state index contributed by atoms with van der Waals surface area (Å²) in [7, 11) is 1.41. The first-order valence-electron chi connectivity index (χ1n) is 7.23. The Labute approximate surface area is 157 Å². The van der Waals surface area contributed by atoms with E-state index in [2.05, 4.69) is 5.32 Å². The molecule has 138 valence electrons. The maximum Gasteiger partial charge on any atom is 0.340 e. The number of carbonyl (C=O) groups is 2. The Bertz CT molecular complexity index is 861. The number of anilines is 1. The van der Waals surface area contributed by atoms with Crippen LogP contribution in [0.1, 0.15) is 17.3 Å². The smallest absolute Gasteiger partial charge is 0.340 e. The van der Waals surface area contributed by atoms with Gasteiger partial charge in [-0.25, -0.2) is 13.6 Å². The Morgan fingerprint density at radius 2 is 1.77 bits per heavy atom. The lowest BCUT2D eigenvalue weighted by Crippen LogP contribution is -2.30. The van der Waals surface area contributed by atoms with Crippen LogP contribution in [0.15, 0.2) is 30.3 Å². The lowest BCUT2D eigenvalue weighted by Gasteiger charge is -2.16. The van der Waals surface area contributed by atoms with E-state index in [9.17, 15) is 18.4 Å². The molecule has 1 N–H and O–H groups in total. The predicted molar refractivity (Wildman–Crippen MR) is 92.9 cm³/mol. The molecule has 0 aliphatic heterocycles. The molecule has 0 radical (unpaired) electrons. The van der Waals surface area contributed by atoms with E-state index in [-0.39, 0.29) is 10.7 Å². The van der Waals surface area contributed by atoms with Crippen LogP contribution in [0.4, 0.5) is 14.5 Å². The van der Waals surface area contributed by atoms with Crippen molar-refractivity contribution in [1.82, 2.24) is 0 Å². The summed E-state index contributed by atoms with van der Waals surface area (Å²) < 4.78 is 36.4. The lowest BCUT2D eigenvalue weighted by atomic mass is 10.2. The van der Waals surface area contributed by atoms with E-state index in [1.54, 1.807) is 12.1 Å². The molecule has 0 aromatic heterocycles. The van der Waals surface area contributed by atoms with Gasteiger partial charge in [-0.3, -0.25) is 4.79 Å². The standard InChI is InChI=1S/C17H13Cl2F2NO4/c1-8(16(23)22-14-5-9(18)3-4-15(14)25-2)26-17(24)10-6-12(20)13(21)7-11(10)19/h3-8H,1-2H3,(H,22,23). The minimum Gasteiger partial charge on any atom is -0.495 e. The number of esters is 1. The van der Waals surface area contributed by atoms with Gasteiger partial charge in [0.1, 0.15) is 5.75 Å². The molecular formula is C17H13Cl2F2NO4. The average Bonchev–Trinajstić information content (AvgIpc) is 2.58. The van der Waals surface area contributed by atoms with Crippen LogP contribution in [0.3, 0.4) is 0 Å². The van der Waals surface area contributed by atoms with E-state index in [0.717, 1.165) is 0 Å². The summed E-state index contributed by atoms with van der Waals surface area (Å²) in [5, 5.41) is 2.53. The van der Waals surface area contributed by atoms with Gasteiger partial charge in [-0.15, -0.1) is 0 Å². The van der Waals surface area contributed by atoms with Crippen molar-refractivity contribution in [2.75, 3.05) is 12.4 Å². The molecule has 1 atom stereocenters. The van der Waals surface area contributed by atoms with Gasteiger partial charge in [0, 0.05) is 5.02 Å². The van der Waals surface area contributed by atoms with E-state index < -0.39 is 35.2 Å². The highest BCUT2D eigenvalue weighted by molar-refractivity contribution is 6.33. The largest absolute Gasteiger partial charge is 0.495 e. The molecule has 0 saturated carbocycles. The zero-order valence-corrected chi connectivity index (χ0v) is 15.1. The van der Waals surface area contributed by atoms with Crippen LogP contribution in [0, 0.1) is 11.6 Å². The predicted octanol–water partition coefficient (Wildman–Crippen LogP) is 4.46. The number of carbonyl (C=O) groups excluding carboxylic acids is 2. The second kappa shape index (κ2) is 8.33. The molecule has 0 spiro atoms. The van der Waals surface area contributed by atoms with Gasteiger partial charge in [-0.2, -0.15) is 0 Å². The SMILES string of the molecule is COc1ccc(Cl)cc1NC(=O)C(C)OC(=O)c1cc(F)c(F)cc1Cl. The second-order valence-corrected chi connectivity index (χ2v) is 5.97. The van der Waals surface area contributed by atoms with Crippen molar-refractivity contribution in [1.29, 1.82) is 0 Å². The zero-order valence-electron chi connectivity index (χ0n) is 13.6. The highest BCUT2D eigenvalue weighted by Gasteiger charge is 2.23. The van der Waals surface area contributed by atoms with Crippen LogP contribution in [-0.4, -0.2) is 25.1 Å². The van der Waals surface area contributed by atoms with Gasteiger partial charge >= 0.3 is 5.97 Å². The molecule has 5 nitrogen and oxygen atoms in total. The molecule has 0 bridgehead atoms. The minimum absolute atomic E-state index is 0.277. The molecule has 2 rings (SSSR count). The van der Waals surface area contributed by atoms with E-state index in [4.69, 9.17) is 32.7 Å². The van der Waals surface area contributed by atoms with E-state index in [0.29, 0.717) is 22.9 Å². The maximum absolute atomic E-state index is 13.3. The van der Waals surface area contributed by atoms with Crippen LogP contribution in [0.25, 0.3) is 0 Å². The van der Waals surface area contributed by atoms with E-state index >= 15 is 0 Å². The van der Waals surface area contributed by atoms with Crippen molar-refractivity contribution in [2.24, 2.45) is 0 Å². The molecule has 0 aliphatic rings. The molecule has 9 heteroatoms. The first-order chi connectivity index (χ1) is 12.2. The van der Waals surface area contributed by atoms with Crippen LogP contribution in [0.2, 0.25) is 10.0 Å². The van der Waals surface area contributed by atoms with Crippen molar-refractivity contribution >= 4 is 40.8 Å². The summed E-state index contributed by atoms with van der Waals surface area (Å²) in [6.07, 6.45) is -1.25. The van der Waals surface area contributed by atoms with Crippen molar-refractivity contribution in [2.45, 2.75) is 13.0 Å². The van der Waals surface area contributed by atoms with Gasteiger partial charge in [0.15, 0.2) is 17.7 Å².